The number of halogens is 2. The number of carbonyl (C=O) groups is 1. The third kappa shape index (κ3) is 2.27. The third-order valence-electron chi connectivity index (χ3n) is 1.37. The molecule has 0 bridgehead atoms. The van der Waals surface area contributed by atoms with Crippen LogP contribution in [0.5, 0.6) is 0 Å². The van der Waals surface area contributed by atoms with Crippen molar-refractivity contribution in [3.63, 3.8) is 0 Å². The van der Waals surface area contributed by atoms with Gasteiger partial charge in [0.15, 0.2) is 6.61 Å². The number of rotatable bonds is 2. The predicted molar refractivity (Wildman–Crippen MR) is 38.9 cm³/mol. The molecule has 0 saturated carbocycles. The highest BCUT2D eigenvalue weighted by Crippen LogP contribution is 2.30. The van der Waals surface area contributed by atoms with Crippen LogP contribution in [0.2, 0.25) is 0 Å². The largest absolute Gasteiger partial charge is 0.447 e. The monoisotopic (exact) mass is 195 g/mol. The molecule has 0 aromatic heterocycles. The van der Waals surface area contributed by atoms with Gasteiger partial charge in [0.2, 0.25) is 0 Å². The Morgan fingerprint density at radius 1 is 1.69 bits per heavy atom. The van der Waals surface area contributed by atoms with Gasteiger partial charge >= 0.3 is 12.1 Å². The van der Waals surface area contributed by atoms with Gasteiger partial charge in [-0.05, 0) is 5.92 Å². The maximum Gasteiger partial charge on any atom is 0.439 e. The summed E-state index contributed by atoms with van der Waals surface area (Å²) in [7, 11) is 0. The first-order chi connectivity index (χ1) is 5.93. The van der Waals surface area contributed by atoms with Gasteiger partial charge in [0, 0.05) is 0 Å². The Morgan fingerprint density at radius 3 is 2.62 bits per heavy atom. The first-order valence-electron chi connectivity index (χ1n) is 3.91. The summed E-state index contributed by atoms with van der Waals surface area (Å²) in [6.07, 6.45) is -1.13. The zero-order chi connectivity index (χ0) is 10.1. The molecule has 1 fully saturated rings. The van der Waals surface area contributed by atoms with E-state index in [0.717, 1.165) is 0 Å². The molecule has 6 heteroatoms. The van der Waals surface area contributed by atoms with Crippen molar-refractivity contribution in [2.45, 2.75) is 19.9 Å². The lowest BCUT2D eigenvalue weighted by atomic mass is 10.2. The van der Waals surface area contributed by atoms with Crippen molar-refractivity contribution in [2.75, 3.05) is 13.2 Å². The summed E-state index contributed by atoms with van der Waals surface area (Å²) in [5.74, 6) is 0.110. The van der Waals surface area contributed by atoms with Crippen LogP contribution in [-0.4, -0.2) is 30.4 Å². The number of hydrogen-bond donors (Lipinski definition) is 0. The van der Waals surface area contributed by atoms with Crippen molar-refractivity contribution in [1.29, 1.82) is 0 Å². The number of hydrogen-bond acceptors (Lipinski definition) is 3. The van der Waals surface area contributed by atoms with E-state index in [1.54, 1.807) is 0 Å². The lowest BCUT2D eigenvalue weighted by molar-refractivity contribution is -0.405. The first kappa shape index (κ1) is 10.2. The summed E-state index contributed by atoms with van der Waals surface area (Å²) < 4.78 is 29.5. The molecule has 0 radical (unpaired) electrons. The molecule has 1 heterocycles. The second-order valence-electron chi connectivity index (χ2n) is 3.20. The molecule has 0 spiro atoms. The molecular weight excluding hydrogens is 184 g/mol. The quantitative estimate of drug-likeness (QED) is 0.628. The van der Waals surface area contributed by atoms with Crippen molar-refractivity contribution in [1.82, 2.24) is 5.06 Å². The Balaban J connectivity index is 2.32. The zero-order valence-electron chi connectivity index (χ0n) is 7.42. The summed E-state index contributed by atoms with van der Waals surface area (Å²) in [4.78, 5) is 15.1. The molecule has 1 amide bonds. The normalized spacial score (nSPS) is 19.9. The molecule has 0 aliphatic carbocycles. The van der Waals surface area contributed by atoms with Crippen LogP contribution in [0, 0.1) is 5.92 Å². The Bertz CT molecular complexity index is 208. The molecule has 13 heavy (non-hydrogen) atoms. The molecule has 1 rings (SSSR count). The lowest BCUT2D eigenvalue weighted by Crippen LogP contribution is -2.59. The van der Waals surface area contributed by atoms with Crippen LogP contribution in [-0.2, 0) is 9.57 Å². The van der Waals surface area contributed by atoms with Crippen LogP contribution < -0.4 is 0 Å². The van der Waals surface area contributed by atoms with Gasteiger partial charge in [0.25, 0.3) is 0 Å². The van der Waals surface area contributed by atoms with Crippen molar-refractivity contribution in [3.05, 3.63) is 0 Å². The van der Waals surface area contributed by atoms with Crippen molar-refractivity contribution < 1.29 is 23.1 Å². The lowest BCUT2D eigenvalue weighted by Gasteiger charge is -2.37. The smallest absolute Gasteiger partial charge is 0.439 e. The second kappa shape index (κ2) is 3.45. The van der Waals surface area contributed by atoms with Crippen LogP contribution >= 0.6 is 0 Å². The molecule has 76 valence electrons. The van der Waals surface area contributed by atoms with Crippen LogP contribution in [0.25, 0.3) is 0 Å². The summed E-state index contributed by atoms with van der Waals surface area (Å²) in [5.41, 5.74) is 0. The molecule has 1 aliphatic heterocycles. The average molecular weight is 195 g/mol. The molecule has 1 aliphatic rings. The van der Waals surface area contributed by atoms with Crippen LogP contribution in [0.1, 0.15) is 13.8 Å². The van der Waals surface area contributed by atoms with Gasteiger partial charge in [0.05, 0.1) is 6.61 Å². The molecule has 0 aromatic rings. The highest BCUT2D eigenvalue weighted by Gasteiger charge is 2.53. The summed E-state index contributed by atoms with van der Waals surface area (Å²) >= 11 is 0. The highest BCUT2D eigenvalue weighted by atomic mass is 19.3. The van der Waals surface area contributed by atoms with Crippen LogP contribution in [0.3, 0.4) is 0 Å². The van der Waals surface area contributed by atoms with Crippen LogP contribution in [0.4, 0.5) is 13.6 Å². The van der Waals surface area contributed by atoms with Gasteiger partial charge in [-0.15, -0.1) is 5.06 Å². The van der Waals surface area contributed by atoms with Crippen molar-refractivity contribution in [2.24, 2.45) is 5.92 Å². The molecule has 1 saturated heterocycles. The van der Waals surface area contributed by atoms with E-state index in [1.807, 2.05) is 13.8 Å². The highest BCUT2D eigenvalue weighted by molar-refractivity contribution is 5.67. The molecular formula is C7H11F2NO3. The zero-order valence-corrected chi connectivity index (χ0v) is 7.42. The first-order valence-corrected chi connectivity index (χ1v) is 3.91. The Hall–Kier alpha value is -0.910. The summed E-state index contributed by atoms with van der Waals surface area (Å²) in [6.45, 7) is 2.96. The maximum absolute atomic E-state index is 12.5. The number of hydroxylamine groups is 2. The maximum atomic E-state index is 12.5. The Kier molecular flexibility index (Phi) is 2.70. The standard InChI is InChI=1S/C7H11F2NO3/c1-5(2)3-12-6(11)10-7(8,9)4-13-10/h5H,3-4H2,1-2H3. The molecule has 0 unspecified atom stereocenters. The number of nitrogens with zero attached hydrogens (tertiary/aromatic N) is 1. The van der Waals surface area contributed by atoms with E-state index in [2.05, 4.69) is 9.57 Å². The van der Waals surface area contributed by atoms with Gasteiger partial charge in [-0.3, -0.25) is 4.84 Å². The number of carbonyl (C=O) groups excluding carboxylic acids is 1. The van der Waals surface area contributed by atoms with Gasteiger partial charge in [-0.25, -0.2) is 4.79 Å². The fourth-order valence-corrected chi connectivity index (χ4v) is 0.710. The third-order valence-corrected chi connectivity index (χ3v) is 1.37. The van der Waals surface area contributed by atoms with Gasteiger partial charge < -0.3 is 4.74 Å². The van der Waals surface area contributed by atoms with E-state index in [4.69, 9.17) is 0 Å². The summed E-state index contributed by atoms with van der Waals surface area (Å²) in [6, 6.07) is -3.21. The molecule has 0 aromatic carbocycles. The van der Waals surface area contributed by atoms with E-state index < -0.39 is 18.7 Å². The number of amides is 1. The van der Waals surface area contributed by atoms with Crippen molar-refractivity contribution in [3.8, 4) is 0 Å². The van der Waals surface area contributed by atoms with Crippen molar-refractivity contribution >= 4 is 6.09 Å². The van der Waals surface area contributed by atoms with E-state index in [9.17, 15) is 13.6 Å². The Morgan fingerprint density at radius 2 is 2.31 bits per heavy atom. The fraction of sp³-hybridized carbons (Fsp3) is 0.857. The minimum atomic E-state index is -3.21. The topological polar surface area (TPSA) is 38.8 Å². The molecule has 4 nitrogen and oxygen atoms in total. The second-order valence-corrected chi connectivity index (χ2v) is 3.20. The SMILES string of the molecule is CC(C)COC(=O)N1OCC1(F)F. The van der Waals surface area contributed by atoms with E-state index in [-0.39, 0.29) is 17.6 Å². The van der Waals surface area contributed by atoms with Gasteiger partial charge in [0.1, 0.15) is 0 Å². The van der Waals surface area contributed by atoms with Crippen LogP contribution in [0.15, 0.2) is 0 Å². The summed E-state index contributed by atoms with van der Waals surface area (Å²) in [5, 5.41) is -0.0462. The Labute approximate surface area is 74.4 Å². The van der Waals surface area contributed by atoms with E-state index in [1.165, 1.54) is 0 Å². The van der Waals surface area contributed by atoms with Gasteiger partial charge in [-0.2, -0.15) is 8.78 Å². The average Bonchev–Trinajstić information content (AvgIpc) is 1.99. The van der Waals surface area contributed by atoms with E-state index >= 15 is 0 Å². The molecule has 0 N–H and O–H groups in total. The fourth-order valence-electron chi connectivity index (χ4n) is 0.710. The number of ether oxygens (including phenoxy) is 1. The predicted octanol–water partition coefficient (Wildman–Crippen LogP) is 1.62. The van der Waals surface area contributed by atoms with Gasteiger partial charge in [-0.1, -0.05) is 13.8 Å². The minimum Gasteiger partial charge on any atom is -0.447 e. The molecule has 0 atom stereocenters. The number of alkyl halides is 2. The van der Waals surface area contributed by atoms with E-state index in [0.29, 0.717) is 0 Å². The minimum absolute atomic E-state index is 0.0462.